The second-order valence-electron chi connectivity index (χ2n) is 6.38. The van der Waals surface area contributed by atoms with Crippen molar-refractivity contribution in [1.29, 1.82) is 0 Å². The maximum atomic E-state index is 12.0. The van der Waals surface area contributed by atoms with E-state index < -0.39 is 61.1 Å². The van der Waals surface area contributed by atoms with E-state index in [1.54, 1.807) is 12.1 Å². The topological polar surface area (TPSA) is 191 Å². The fraction of sp³-hybridized carbons (Fsp3) is 0.444. The molecular formula is C18H26N4O7. The number of nitrogens with one attached hydrogen (secondary N) is 3. The summed E-state index contributed by atoms with van der Waals surface area (Å²) < 4.78 is 0. The van der Waals surface area contributed by atoms with Crippen LogP contribution in [0.15, 0.2) is 30.3 Å². The Labute approximate surface area is 167 Å². The Morgan fingerprint density at radius 1 is 1.07 bits per heavy atom. The van der Waals surface area contributed by atoms with Gasteiger partial charge < -0.3 is 37.0 Å². The Morgan fingerprint density at radius 3 is 2.21 bits per heavy atom. The van der Waals surface area contributed by atoms with Gasteiger partial charge in [-0.05, 0) is 18.9 Å². The van der Waals surface area contributed by atoms with Gasteiger partial charge in [0, 0.05) is 0 Å². The van der Waals surface area contributed by atoms with Crippen LogP contribution in [0.5, 0.6) is 0 Å². The van der Waals surface area contributed by atoms with E-state index in [1.807, 2.05) is 23.5 Å². The number of aliphatic hydroxyl groups excluding tert-OH is 2. The van der Waals surface area contributed by atoms with Crippen LogP contribution in [0.3, 0.4) is 0 Å². The molecule has 0 radical (unpaired) electrons. The summed E-state index contributed by atoms with van der Waals surface area (Å²) in [6, 6.07) is 5.10. The summed E-state index contributed by atoms with van der Waals surface area (Å²) in [4.78, 5) is 46.9. The number of aliphatic hydroxyl groups is 2. The minimum absolute atomic E-state index is 0.270. The minimum Gasteiger partial charge on any atom is -0.480 e. The lowest BCUT2D eigenvalue weighted by molar-refractivity contribution is -0.145. The molecule has 160 valence electrons. The van der Waals surface area contributed by atoms with Crippen LogP contribution in [-0.4, -0.2) is 76.4 Å². The average molecular weight is 410 g/mol. The summed E-state index contributed by atoms with van der Waals surface area (Å²) in [7, 11) is 0. The molecule has 1 rings (SSSR count). The molecule has 0 bridgehead atoms. The maximum absolute atomic E-state index is 12.0. The molecule has 0 heterocycles. The van der Waals surface area contributed by atoms with Gasteiger partial charge >= 0.3 is 5.97 Å². The monoisotopic (exact) mass is 410 g/mol. The Bertz CT molecular complexity index is 711. The van der Waals surface area contributed by atoms with Gasteiger partial charge in [-0.2, -0.15) is 0 Å². The lowest BCUT2D eigenvalue weighted by atomic mass is 10.1. The smallest absolute Gasteiger partial charge is 0.328 e. The molecule has 0 fully saturated rings. The SMILES string of the molecule is CC(O)C(NC(=O)C(CO)NC(=O)CNC(=O)C(N)Cc1ccccc1)C(=O)O. The highest BCUT2D eigenvalue weighted by Gasteiger charge is 2.29. The predicted octanol–water partition coefficient (Wildman–Crippen LogP) is -2.90. The highest BCUT2D eigenvalue weighted by atomic mass is 16.4. The van der Waals surface area contributed by atoms with Crippen molar-refractivity contribution in [3.8, 4) is 0 Å². The van der Waals surface area contributed by atoms with Crippen molar-refractivity contribution in [1.82, 2.24) is 16.0 Å². The van der Waals surface area contributed by atoms with Crippen molar-refractivity contribution in [3.05, 3.63) is 35.9 Å². The fourth-order valence-corrected chi connectivity index (χ4v) is 2.34. The standard InChI is InChI=1S/C18H26N4O7/c1-10(24)15(18(28)29)22-17(27)13(9-23)21-14(25)8-20-16(26)12(19)7-11-5-3-2-4-6-11/h2-6,10,12-13,15,23-24H,7-9,19H2,1H3,(H,20,26)(H,21,25)(H,22,27)(H,28,29). The van der Waals surface area contributed by atoms with Crippen molar-refractivity contribution in [2.45, 2.75) is 37.6 Å². The minimum atomic E-state index is -1.61. The molecule has 4 atom stereocenters. The summed E-state index contributed by atoms with van der Waals surface area (Å²) in [5.41, 5.74) is 6.65. The molecule has 11 heteroatoms. The molecule has 0 spiro atoms. The number of rotatable bonds is 11. The maximum Gasteiger partial charge on any atom is 0.328 e. The van der Waals surface area contributed by atoms with Crippen molar-refractivity contribution in [3.63, 3.8) is 0 Å². The normalized spacial score (nSPS) is 14.8. The number of carbonyl (C=O) groups is 4. The van der Waals surface area contributed by atoms with E-state index in [1.165, 1.54) is 6.92 Å². The van der Waals surface area contributed by atoms with Crippen molar-refractivity contribution in [2.24, 2.45) is 5.73 Å². The van der Waals surface area contributed by atoms with Crippen LogP contribution in [0, 0.1) is 0 Å². The molecule has 4 unspecified atom stereocenters. The zero-order valence-electron chi connectivity index (χ0n) is 15.9. The highest BCUT2D eigenvalue weighted by molar-refractivity contribution is 5.92. The molecule has 0 saturated carbocycles. The van der Waals surface area contributed by atoms with E-state index in [2.05, 4.69) is 10.6 Å². The van der Waals surface area contributed by atoms with Gasteiger partial charge in [-0.1, -0.05) is 30.3 Å². The predicted molar refractivity (Wildman–Crippen MR) is 101 cm³/mol. The van der Waals surface area contributed by atoms with Gasteiger partial charge in [0.15, 0.2) is 6.04 Å². The number of carbonyl (C=O) groups excluding carboxylic acids is 3. The van der Waals surface area contributed by atoms with Gasteiger partial charge in [-0.25, -0.2) is 4.79 Å². The first-order chi connectivity index (χ1) is 13.6. The van der Waals surface area contributed by atoms with E-state index in [0.717, 1.165) is 5.56 Å². The Morgan fingerprint density at radius 2 is 1.69 bits per heavy atom. The quantitative estimate of drug-likeness (QED) is 0.202. The second kappa shape index (κ2) is 11.7. The van der Waals surface area contributed by atoms with Crippen LogP contribution in [0.2, 0.25) is 0 Å². The van der Waals surface area contributed by atoms with Gasteiger partial charge in [0.05, 0.1) is 25.3 Å². The summed E-state index contributed by atoms with van der Waals surface area (Å²) in [6.07, 6.45) is -1.12. The van der Waals surface area contributed by atoms with E-state index in [-0.39, 0.29) is 6.42 Å². The fourth-order valence-electron chi connectivity index (χ4n) is 2.34. The number of carboxylic acids is 1. The van der Waals surface area contributed by atoms with Gasteiger partial charge in [0.2, 0.25) is 17.7 Å². The third-order valence-corrected chi connectivity index (χ3v) is 3.94. The summed E-state index contributed by atoms with van der Waals surface area (Å²) in [5.74, 6) is -3.84. The summed E-state index contributed by atoms with van der Waals surface area (Å²) >= 11 is 0. The van der Waals surface area contributed by atoms with Crippen molar-refractivity contribution < 1.29 is 34.5 Å². The Balaban J connectivity index is 2.51. The van der Waals surface area contributed by atoms with Crippen LogP contribution in [0.4, 0.5) is 0 Å². The van der Waals surface area contributed by atoms with E-state index in [9.17, 15) is 29.4 Å². The van der Waals surface area contributed by atoms with Crippen LogP contribution < -0.4 is 21.7 Å². The molecule has 1 aromatic rings. The molecule has 3 amide bonds. The summed E-state index contributed by atoms with van der Waals surface area (Å²) in [5, 5.41) is 34.1. The number of nitrogens with two attached hydrogens (primary N) is 1. The number of hydrogen-bond acceptors (Lipinski definition) is 7. The van der Waals surface area contributed by atoms with Crippen LogP contribution in [-0.2, 0) is 25.6 Å². The number of aliphatic carboxylic acids is 1. The molecular weight excluding hydrogens is 384 g/mol. The number of carboxylic acid groups (broad SMARTS) is 1. The van der Waals surface area contributed by atoms with E-state index in [4.69, 9.17) is 10.8 Å². The molecule has 0 aliphatic carbocycles. The zero-order valence-corrected chi connectivity index (χ0v) is 15.9. The molecule has 0 aliphatic heterocycles. The lowest BCUT2D eigenvalue weighted by Crippen LogP contribution is -2.57. The van der Waals surface area contributed by atoms with Crippen LogP contribution >= 0.6 is 0 Å². The lowest BCUT2D eigenvalue weighted by Gasteiger charge is -2.21. The largest absolute Gasteiger partial charge is 0.480 e. The van der Waals surface area contributed by atoms with Crippen molar-refractivity contribution >= 4 is 23.7 Å². The molecule has 8 N–H and O–H groups in total. The first kappa shape index (κ1) is 24.0. The van der Waals surface area contributed by atoms with E-state index in [0.29, 0.717) is 0 Å². The van der Waals surface area contributed by atoms with Gasteiger partial charge in [-0.15, -0.1) is 0 Å². The molecule has 0 saturated heterocycles. The first-order valence-electron chi connectivity index (χ1n) is 8.84. The van der Waals surface area contributed by atoms with Gasteiger partial charge in [-0.3, -0.25) is 14.4 Å². The molecule has 0 aliphatic rings. The third kappa shape index (κ3) is 8.25. The second-order valence-corrected chi connectivity index (χ2v) is 6.38. The van der Waals surface area contributed by atoms with Crippen LogP contribution in [0.1, 0.15) is 12.5 Å². The number of benzene rings is 1. The zero-order chi connectivity index (χ0) is 22.0. The molecule has 11 nitrogen and oxygen atoms in total. The number of hydrogen-bond donors (Lipinski definition) is 7. The first-order valence-corrected chi connectivity index (χ1v) is 8.84. The van der Waals surface area contributed by atoms with Crippen molar-refractivity contribution in [2.75, 3.05) is 13.2 Å². The number of amides is 3. The van der Waals surface area contributed by atoms with Crippen LogP contribution in [0.25, 0.3) is 0 Å². The third-order valence-electron chi connectivity index (χ3n) is 3.94. The van der Waals surface area contributed by atoms with Gasteiger partial charge in [0.25, 0.3) is 0 Å². The van der Waals surface area contributed by atoms with E-state index >= 15 is 0 Å². The molecule has 1 aromatic carbocycles. The Hall–Kier alpha value is -3.02. The highest BCUT2D eigenvalue weighted by Crippen LogP contribution is 2.01. The Kier molecular flexibility index (Phi) is 9.72. The van der Waals surface area contributed by atoms with Gasteiger partial charge in [0.1, 0.15) is 6.04 Å². The molecule has 29 heavy (non-hydrogen) atoms. The average Bonchev–Trinajstić information content (AvgIpc) is 2.68. The summed E-state index contributed by atoms with van der Waals surface area (Å²) in [6.45, 7) is -0.144. The molecule has 0 aromatic heterocycles.